The van der Waals surface area contributed by atoms with Gasteiger partial charge in [-0.1, -0.05) is 12.2 Å². The Morgan fingerprint density at radius 2 is 2.11 bits per heavy atom. The molecular weight excluding hydrogens is 342 g/mol. The van der Waals surface area contributed by atoms with Crippen LogP contribution in [0.4, 0.5) is 0 Å². The van der Waals surface area contributed by atoms with Crippen LogP contribution in [0.25, 0.3) is 0 Å². The standard InChI is InChI=1S/C21H25N3O3/c1-15-10-18(22-23(15)2)13-24(12-16-6-4-3-5-7-16)21(25)17-8-9-19-20(11-17)27-14-26-19/h3-4,8-11,16H,5-7,12-14H2,1-2H3. The highest BCUT2D eigenvalue weighted by Gasteiger charge is 2.24. The molecule has 0 radical (unpaired) electrons. The molecule has 1 amide bonds. The van der Waals surface area contributed by atoms with Gasteiger partial charge in [0.25, 0.3) is 5.91 Å². The van der Waals surface area contributed by atoms with Crippen molar-refractivity contribution in [2.24, 2.45) is 13.0 Å². The molecule has 0 saturated heterocycles. The maximum atomic E-state index is 13.3. The minimum Gasteiger partial charge on any atom is -0.454 e. The summed E-state index contributed by atoms with van der Waals surface area (Å²) in [6, 6.07) is 7.44. The molecule has 2 aliphatic rings. The number of aromatic nitrogens is 2. The van der Waals surface area contributed by atoms with Gasteiger partial charge in [0, 0.05) is 24.8 Å². The Labute approximate surface area is 159 Å². The lowest BCUT2D eigenvalue weighted by Crippen LogP contribution is -2.35. The number of hydrogen-bond acceptors (Lipinski definition) is 4. The Morgan fingerprint density at radius 3 is 2.85 bits per heavy atom. The predicted octanol–water partition coefficient (Wildman–Crippen LogP) is 3.46. The molecule has 0 N–H and O–H groups in total. The first-order valence-corrected chi connectivity index (χ1v) is 9.43. The zero-order valence-corrected chi connectivity index (χ0v) is 15.9. The lowest BCUT2D eigenvalue weighted by atomic mass is 9.93. The van der Waals surface area contributed by atoms with Gasteiger partial charge in [0.15, 0.2) is 11.5 Å². The summed E-state index contributed by atoms with van der Waals surface area (Å²) >= 11 is 0. The third kappa shape index (κ3) is 3.84. The molecule has 4 rings (SSSR count). The van der Waals surface area contributed by atoms with E-state index in [4.69, 9.17) is 9.47 Å². The second kappa shape index (κ2) is 7.47. The van der Waals surface area contributed by atoms with Crippen molar-refractivity contribution in [3.63, 3.8) is 0 Å². The van der Waals surface area contributed by atoms with E-state index < -0.39 is 0 Å². The molecule has 6 nitrogen and oxygen atoms in total. The molecule has 1 aliphatic carbocycles. The summed E-state index contributed by atoms with van der Waals surface area (Å²) in [5.41, 5.74) is 2.62. The number of hydrogen-bond donors (Lipinski definition) is 0. The van der Waals surface area contributed by atoms with Crippen molar-refractivity contribution in [1.29, 1.82) is 0 Å². The average Bonchev–Trinajstić information content (AvgIpc) is 3.27. The molecule has 1 atom stereocenters. The molecule has 1 unspecified atom stereocenters. The SMILES string of the molecule is Cc1cc(CN(CC2CC=CCC2)C(=O)c2ccc3c(c2)OCO3)nn1C. The predicted molar refractivity (Wildman–Crippen MR) is 102 cm³/mol. The highest BCUT2D eigenvalue weighted by Crippen LogP contribution is 2.33. The Morgan fingerprint density at radius 1 is 1.26 bits per heavy atom. The second-order valence-electron chi connectivity index (χ2n) is 7.30. The smallest absolute Gasteiger partial charge is 0.254 e. The summed E-state index contributed by atoms with van der Waals surface area (Å²) in [6.45, 7) is 3.47. The fourth-order valence-corrected chi connectivity index (χ4v) is 3.67. The molecule has 27 heavy (non-hydrogen) atoms. The van der Waals surface area contributed by atoms with Gasteiger partial charge in [-0.25, -0.2) is 0 Å². The van der Waals surface area contributed by atoms with Gasteiger partial charge < -0.3 is 14.4 Å². The average molecular weight is 367 g/mol. The van der Waals surface area contributed by atoms with Crippen LogP contribution in [0.2, 0.25) is 0 Å². The lowest BCUT2D eigenvalue weighted by Gasteiger charge is -2.28. The maximum Gasteiger partial charge on any atom is 0.254 e. The topological polar surface area (TPSA) is 56.6 Å². The van der Waals surface area contributed by atoms with Gasteiger partial charge in [-0.3, -0.25) is 9.48 Å². The number of nitrogens with zero attached hydrogens (tertiary/aromatic N) is 3. The highest BCUT2D eigenvalue weighted by molar-refractivity contribution is 5.95. The van der Waals surface area contributed by atoms with Crippen molar-refractivity contribution in [2.45, 2.75) is 32.7 Å². The summed E-state index contributed by atoms with van der Waals surface area (Å²) in [5, 5.41) is 4.54. The van der Waals surface area contributed by atoms with Gasteiger partial charge in [0.1, 0.15) is 0 Å². The molecule has 0 bridgehead atoms. The number of benzene rings is 1. The van der Waals surface area contributed by atoms with Crippen LogP contribution in [0.5, 0.6) is 11.5 Å². The van der Waals surface area contributed by atoms with Crippen LogP contribution in [0.15, 0.2) is 36.4 Å². The van der Waals surface area contributed by atoms with E-state index in [9.17, 15) is 4.79 Å². The van der Waals surface area contributed by atoms with Gasteiger partial charge in [0.2, 0.25) is 6.79 Å². The highest BCUT2D eigenvalue weighted by atomic mass is 16.7. The number of aryl methyl sites for hydroxylation is 2. The van der Waals surface area contributed by atoms with E-state index in [0.717, 1.165) is 37.2 Å². The number of carbonyl (C=O) groups is 1. The van der Waals surface area contributed by atoms with Crippen molar-refractivity contribution in [3.8, 4) is 11.5 Å². The Balaban J connectivity index is 1.57. The minimum absolute atomic E-state index is 0.00570. The molecule has 1 aromatic carbocycles. The Kier molecular flexibility index (Phi) is 4.88. The van der Waals surface area contributed by atoms with Crippen LogP contribution in [0.1, 0.15) is 41.0 Å². The first-order chi connectivity index (χ1) is 13.1. The van der Waals surface area contributed by atoms with Crippen molar-refractivity contribution < 1.29 is 14.3 Å². The molecule has 0 saturated carbocycles. The zero-order valence-electron chi connectivity index (χ0n) is 15.9. The van der Waals surface area contributed by atoms with E-state index in [-0.39, 0.29) is 12.7 Å². The van der Waals surface area contributed by atoms with Crippen molar-refractivity contribution in [2.75, 3.05) is 13.3 Å². The lowest BCUT2D eigenvalue weighted by molar-refractivity contribution is 0.0707. The summed E-state index contributed by atoms with van der Waals surface area (Å²) in [6.07, 6.45) is 7.67. The van der Waals surface area contributed by atoms with Crippen LogP contribution < -0.4 is 9.47 Å². The third-order valence-corrected chi connectivity index (χ3v) is 5.28. The van der Waals surface area contributed by atoms with Gasteiger partial charge in [0.05, 0.1) is 12.2 Å². The maximum absolute atomic E-state index is 13.3. The van der Waals surface area contributed by atoms with E-state index in [1.165, 1.54) is 0 Å². The number of amides is 1. The van der Waals surface area contributed by atoms with E-state index >= 15 is 0 Å². The third-order valence-electron chi connectivity index (χ3n) is 5.28. The molecule has 6 heteroatoms. The first-order valence-electron chi connectivity index (χ1n) is 9.43. The van der Waals surface area contributed by atoms with Crippen molar-refractivity contribution in [1.82, 2.24) is 14.7 Å². The summed E-state index contributed by atoms with van der Waals surface area (Å²) in [7, 11) is 1.93. The van der Waals surface area contributed by atoms with Gasteiger partial charge in [-0.15, -0.1) is 0 Å². The van der Waals surface area contributed by atoms with Crippen molar-refractivity contribution in [3.05, 3.63) is 53.4 Å². The molecule has 0 fully saturated rings. The molecule has 2 heterocycles. The first kappa shape index (κ1) is 17.6. The van der Waals surface area contributed by atoms with Gasteiger partial charge in [-0.2, -0.15) is 5.10 Å². The Hall–Kier alpha value is -2.76. The summed E-state index contributed by atoms with van der Waals surface area (Å²) in [5.74, 6) is 1.81. The number of carbonyl (C=O) groups excluding carboxylic acids is 1. The van der Waals surface area contributed by atoms with Crippen LogP contribution in [-0.2, 0) is 13.6 Å². The summed E-state index contributed by atoms with van der Waals surface area (Å²) < 4.78 is 12.6. The quantitative estimate of drug-likeness (QED) is 0.760. The fraction of sp³-hybridized carbons (Fsp3) is 0.429. The fourth-order valence-electron chi connectivity index (χ4n) is 3.67. The molecule has 0 spiro atoms. The van der Waals surface area contributed by atoms with Crippen molar-refractivity contribution >= 4 is 5.91 Å². The van der Waals surface area contributed by atoms with Crippen LogP contribution in [0.3, 0.4) is 0 Å². The zero-order chi connectivity index (χ0) is 18.8. The summed E-state index contributed by atoms with van der Waals surface area (Å²) in [4.78, 5) is 15.2. The van der Waals surface area contributed by atoms with E-state index in [1.807, 2.05) is 41.8 Å². The largest absolute Gasteiger partial charge is 0.454 e. The van der Waals surface area contributed by atoms with Gasteiger partial charge >= 0.3 is 0 Å². The van der Waals surface area contributed by atoms with Crippen LogP contribution in [-0.4, -0.2) is 33.9 Å². The molecular formula is C21H25N3O3. The minimum atomic E-state index is 0.00570. The van der Waals surface area contributed by atoms with Crippen LogP contribution in [0, 0.1) is 12.8 Å². The molecule has 1 aromatic heterocycles. The van der Waals surface area contributed by atoms with E-state index in [1.54, 1.807) is 6.07 Å². The second-order valence-corrected chi connectivity index (χ2v) is 7.30. The van der Waals surface area contributed by atoms with Crippen LogP contribution >= 0.6 is 0 Å². The number of rotatable bonds is 5. The number of fused-ring (bicyclic) bond motifs is 1. The van der Waals surface area contributed by atoms with Gasteiger partial charge in [-0.05, 0) is 56.4 Å². The number of allylic oxidation sites excluding steroid dienone is 2. The molecule has 1 aliphatic heterocycles. The van der Waals surface area contributed by atoms with E-state index in [0.29, 0.717) is 29.5 Å². The normalized spacial score (nSPS) is 17.9. The molecule has 142 valence electrons. The monoisotopic (exact) mass is 367 g/mol. The molecule has 2 aromatic rings. The van der Waals surface area contributed by atoms with E-state index in [2.05, 4.69) is 17.3 Å². The number of ether oxygens (including phenoxy) is 2. The Bertz CT molecular complexity index is 852.